The molecule has 0 unspecified atom stereocenters. The number of rotatable bonds is 8. The van der Waals surface area contributed by atoms with Crippen molar-refractivity contribution >= 4 is 23.8 Å². The number of amides is 1. The fraction of sp³-hybridized carbons (Fsp3) is 0.263. The van der Waals surface area contributed by atoms with Crippen LogP contribution in [-0.4, -0.2) is 25.4 Å². The Hall–Kier alpha value is -2.53. The first-order valence-electron chi connectivity index (χ1n) is 7.93. The van der Waals surface area contributed by atoms with Gasteiger partial charge in [-0.3, -0.25) is 9.59 Å². The highest BCUT2D eigenvalue weighted by Gasteiger charge is 2.14. The molecule has 1 amide bonds. The number of carbonyl (C=O) groups is 2. The minimum atomic E-state index is -0.283. The third-order valence-electron chi connectivity index (χ3n) is 3.51. The quantitative estimate of drug-likeness (QED) is 0.726. The molecule has 2 aromatic carbocycles. The van der Waals surface area contributed by atoms with E-state index in [1.807, 2.05) is 32.0 Å². The van der Waals surface area contributed by atoms with E-state index >= 15 is 0 Å². The predicted molar refractivity (Wildman–Crippen MR) is 96.5 cm³/mol. The number of aldehydes is 1. The average Bonchev–Trinajstić information content (AvgIpc) is 2.61. The summed E-state index contributed by atoms with van der Waals surface area (Å²) in [4.78, 5) is 23.0. The topological polar surface area (TPSA) is 64.6 Å². The van der Waals surface area contributed by atoms with Gasteiger partial charge in [-0.2, -0.15) is 0 Å². The smallest absolute Gasteiger partial charge is 0.258 e. The van der Waals surface area contributed by atoms with Crippen molar-refractivity contribution in [2.75, 3.05) is 13.2 Å². The van der Waals surface area contributed by atoms with Gasteiger partial charge in [-0.25, -0.2) is 0 Å². The van der Waals surface area contributed by atoms with Crippen LogP contribution >= 0.6 is 11.6 Å². The van der Waals surface area contributed by atoms with Crippen LogP contribution in [0.3, 0.4) is 0 Å². The van der Waals surface area contributed by atoms with Crippen LogP contribution < -0.4 is 14.8 Å². The van der Waals surface area contributed by atoms with Crippen molar-refractivity contribution in [3.05, 3.63) is 58.6 Å². The van der Waals surface area contributed by atoms with E-state index in [1.54, 1.807) is 24.3 Å². The van der Waals surface area contributed by atoms with Gasteiger partial charge in [0.25, 0.3) is 5.91 Å². The highest BCUT2D eigenvalue weighted by Crippen LogP contribution is 2.28. The molecule has 0 heterocycles. The van der Waals surface area contributed by atoms with Gasteiger partial charge >= 0.3 is 0 Å². The predicted octanol–water partition coefficient (Wildman–Crippen LogP) is 3.81. The maximum Gasteiger partial charge on any atom is 0.258 e. The average molecular weight is 362 g/mol. The van der Waals surface area contributed by atoms with Gasteiger partial charge in [-0.15, -0.1) is 0 Å². The van der Waals surface area contributed by atoms with Gasteiger partial charge in [-0.1, -0.05) is 29.8 Å². The van der Waals surface area contributed by atoms with Gasteiger partial charge in [-0.05, 0) is 43.7 Å². The summed E-state index contributed by atoms with van der Waals surface area (Å²) in [5, 5.41) is 3.43. The molecule has 1 N–H and O–H groups in total. The molecular formula is C19H20ClNO4. The standard InChI is InChI=1S/C19H20ClNO4/c1-3-24-18-10-14(11-22)8-9-17(18)25-12-19(23)21-13(2)15-6-4-5-7-16(15)20/h4-11,13H,3,12H2,1-2H3,(H,21,23)/t13-/m0/s1. The molecule has 0 aromatic heterocycles. The van der Waals surface area contributed by atoms with E-state index in [9.17, 15) is 9.59 Å². The van der Waals surface area contributed by atoms with Crippen LogP contribution in [0.4, 0.5) is 0 Å². The Labute approximate surface area is 151 Å². The molecule has 0 fully saturated rings. The van der Waals surface area contributed by atoms with Gasteiger partial charge in [0.05, 0.1) is 12.6 Å². The van der Waals surface area contributed by atoms with E-state index in [0.717, 1.165) is 11.8 Å². The van der Waals surface area contributed by atoms with Crippen LogP contribution in [0, 0.1) is 0 Å². The summed E-state index contributed by atoms with van der Waals surface area (Å²) in [5.41, 5.74) is 1.32. The monoisotopic (exact) mass is 361 g/mol. The summed E-state index contributed by atoms with van der Waals surface area (Å²) in [6.07, 6.45) is 0.726. The van der Waals surface area contributed by atoms with Gasteiger partial charge in [0.2, 0.25) is 0 Å². The molecule has 5 nitrogen and oxygen atoms in total. The number of nitrogens with one attached hydrogen (secondary N) is 1. The SMILES string of the molecule is CCOc1cc(C=O)ccc1OCC(=O)N[C@@H](C)c1ccccc1Cl. The van der Waals surface area contributed by atoms with Crippen molar-refractivity contribution in [3.8, 4) is 11.5 Å². The highest BCUT2D eigenvalue weighted by atomic mass is 35.5. The van der Waals surface area contributed by atoms with Crippen LogP contribution in [0.1, 0.15) is 35.8 Å². The van der Waals surface area contributed by atoms with Crippen molar-refractivity contribution in [1.29, 1.82) is 0 Å². The molecule has 2 rings (SSSR count). The van der Waals surface area contributed by atoms with E-state index in [0.29, 0.717) is 28.7 Å². The molecule has 0 spiro atoms. The zero-order valence-corrected chi connectivity index (χ0v) is 14.9. The van der Waals surface area contributed by atoms with Crippen molar-refractivity contribution in [3.63, 3.8) is 0 Å². The van der Waals surface area contributed by atoms with Crippen LogP contribution in [0.15, 0.2) is 42.5 Å². The second-order valence-electron chi connectivity index (χ2n) is 5.36. The fourth-order valence-corrected chi connectivity index (χ4v) is 2.62. The first-order chi connectivity index (χ1) is 12.0. The Bertz CT molecular complexity index is 748. The Kier molecular flexibility index (Phi) is 6.83. The number of hydrogen-bond donors (Lipinski definition) is 1. The van der Waals surface area contributed by atoms with E-state index in [-0.39, 0.29) is 18.6 Å². The lowest BCUT2D eigenvalue weighted by Crippen LogP contribution is -2.31. The molecule has 0 aliphatic carbocycles. The molecule has 1 atom stereocenters. The van der Waals surface area contributed by atoms with E-state index in [1.165, 1.54) is 0 Å². The van der Waals surface area contributed by atoms with Crippen molar-refractivity contribution in [1.82, 2.24) is 5.32 Å². The zero-order chi connectivity index (χ0) is 18.2. The minimum absolute atomic E-state index is 0.171. The Morgan fingerprint density at radius 3 is 2.64 bits per heavy atom. The fourth-order valence-electron chi connectivity index (χ4n) is 2.32. The zero-order valence-electron chi connectivity index (χ0n) is 14.1. The van der Waals surface area contributed by atoms with E-state index in [2.05, 4.69) is 5.32 Å². The first-order valence-corrected chi connectivity index (χ1v) is 8.31. The van der Waals surface area contributed by atoms with Crippen molar-refractivity contribution in [2.24, 2.45) is 0 Å². The number of ether oxygens (including phenoxy) is 2. The lowest BCUT2D eigenvalue weighted by Gasteiger charge is -2.17. The summed E-state index contributed by atoms with van der Waals surface area (Å²) in [6.45, 7) is 3.93. The Morgan fingerprint density at radius 1 is 1.20 bits per heavy atom. The summed E-state index contributed by atoms with van der Waals surface area (Å²) in [6, 6.07) is 11.9. The van der Waals surface area contributed by atoms with Gasteiger partial charge in [0.1, 0.15) is 6.29 Å². The van der Waals surface area contributed by atoms with Gasteiger partial charge in [0.15, 0.2) is 18.1 Å². The molecule has 0 aliphatic rings. The second kappa shape index (κ2) is 9.08. The van der Waals surface area contributed by atoms with E-state index < -0.39 is 0 Å². The second-order valence-corrected chi connectivity index (χ2v) is 5.76. The molecule has 0 radical (unpaired) electrons. The minimum Gasteiger partial charge on any atom is -0.490 e. The van der Waals surface area contributed by atoms with Crippen LogP contribution in [0.5, 0.6) is 11.5 Å². The van der Waals surface area contributed by atoms with Crippen LogP contribution in [0.2, 0.25) is 5.02 Å². The summed E-state index contributed by atoms with van der Waals surface area (Å²) >= 11 is 6.13. The molecule has 25 heavy (non-hydrogen) atoms. The first kappa shape index (κ1) is 18.8. The summed E-state index contributed by atoms with van der Waals surface area (Å²) in [7, 11) is 0. The number of halogens is 1. The number of hydrogen-bond acceptors (Lipinski definition) is 4. The number of benzene rings is 2. The summed E-state index contributed by atoms with van der Waals surface area (Å²) in [5.74, 6) is 0.557. The molecule has 0 aliphatic heterocycles. The Morgan fingerprint density at radius 2 is 1.96 bits per heavy atom. The van der Waals surface area contributed by atoms with Crippen LogP contribution in [-0.2, 0) is 4.79 Å². The molecule has 2 aromatic rings. The summed E-state index contributed by atoms with van der Waals surface area (Å²) < 4.78 is 11.0. The molecule has 132 valence electrons. The maximum atomic E-state index is 12.1. The third-order valence-corrected chi connectivity index (χ3v) is 3.86. The lowest BCUT2D eigenvalue weighted by atomic mass is 10.1. The maximum absolute atomic E-state index is 12.1. The van der Waals surface area contributed by atoms with E-state index in [4.69, 9.17) is 21.1 Å². The molecular weight excluding hydrogens is 342 g/mol. The van der Waals surface area contributed by atoms with Gasteiger partial charge in [0, 0.05) is 10.6 Å². The molecule has 0 saturated carbocycles. The van der Waals surface area contributed by atoms with Crippen molar-refractivity contribution < 1.29 is 19.1 Å². The van der Waals surface area contributed by atoms with Gasteiger partial charge < -0.3 is 14.8 Å². The molecule has 0 bridgehead atoms. The largest absolute Gasteiger partial charge is 0.490 e. The lowest BCUT2D eigenvalue weighted by molar-refractivity contribution is -0.123. The third kappa shape index (κ3) is 5.22. The van der Waals surface area contributed by atoms with Crippen LogP contribution in [0.25, 0.3) is 0 Å². The highest BCUT2D eigenvalue weighted by molar-refractivity contribution is 6.31. The molecule has 6 heteroatoms. The normalized spacial score (nSPS) is 11.5. The molecule has 0 saturated heterocycles. The number of carbonyl (C=O) groups excluding carboxylic acids is 2. The Balaban J connectivity index is 1.98. The van der Waals surface area contributed by atoms with Crippen molar-refractivity contribution in [2.45, 2.75) is 19.9 Å².